The zero-order valence-electron chi connectivity index (χ0n) is 20.0. The van der Waals surface area contributed by atoms with Gasteiger partial charge in [-0.05, 0) is 55.8 Å². The van der Waals surface area contributed by atoms with Gasteiger partial charge < -0.3 is 14.0 Å². The van der Waals surface area contributed by atoms with E-state index >= 15 is 0 Å². The van der Waals surface area contributed by atoms with Crippen LogP contribution in [-0.2, 0) is 21.3 Å². The van der Waals surface area contributed by atoms with Crippen LogP contribution in [0.25, 0.3) is 10.2 Å². The number of carbonyl (C=O) groups excluding carboxylic acids is 1. The van der Waals surface area contributed by atoms with Crippen molar-refractivity contribution in [3.05, 3.63) is 52.8 Å². The first-order chi connectivity index (χ1) is 16.3. The third-order valence-corrected chi connectivity index (χ3v) is 8.30. The normalized spacial score (nSPS) is 12.6. The van der Waals surface area contributed by atoms with Gasteiger partial charge in [-0.3, -0.25) is 4.79 Å². The van der Waals surface area contributed by atoms with Gasteiger partial charge in [0, 0.05) is 32.3 Å². The van der Waals surface area contributed by atoms with Crippen molar-refractivity contribution in [3.63, 3.8) is 0 Å². The summed E-state index contributed by atoms with van der Waals surface area (Å²) in [6, 6.07) is 11.7. The van der Waals surface area contributed by atoms with Crippen LogP contribution in [0.4, 0.5) is 0 Å². The second-order valence-corrected chi connectivity index (χ2v) is 10.7. The first kappa shape index (κ1) is 26.1. The summed E-state index contributed by atoms with van der Waals surface area (Å²) in [7, 11) is -0.417. The molecule has 2 aromatic carbocycles. The second kappa shape index (κ2) is 11.7. The zero-order chi connectivity index (χ0) is 24.7. The summed E-state index contributed by atoms with van der Waals surface area (Å²) < 4.78 is 40.5. The first-order valence-corrected chi connectivity index (χ1v) is 13.5. The standard InChI is InChI=1S/C24H31N3O5S2/c1-5-7-14-26(3)34(29,30)20-11-8-18(9-12-20)23(28)25-24-27(15-16-32-6-2)21-13-10-19(31-4)17-22(21)33-24/h8-13,17H,5-7,14-16H2,1-4H3. The molecule has 3 aromatic rings. The summed E-state index contributed by atoms with van der Waals surface area (Å²) in [5.74, 6) is 0.288. The van der Waals surface area contributed by atoms with Crippen molar-refractivity contribution in [3.8, 4) is 5.75 Å². The van der Waals surface area contributed by atoms with E-state index in [-0.39, 0.29) is 4.90 Å². The fourth-order valence-electron chi connectivity index (χ4n) is 3.38. The van der Waals surface area contributed by atoms with Crippen molar-refractivity contribution in [1.82, 2.24) is 8.87 Å². The number of rotatable bonds is 11. The molecule has 10 heteroatoms. The molecule has 0 fully saturated rings. The average molecular weight is 506 g/mol. The minimum atomic E-state index is -3.59. The third-order valence-electron chi connectivity index (χ3n) is 5.39. The van der Waals surface area contributed by atoms with Crippen LogP contribution in [0.2, 0.25) is 0 Å². The van der Waals surface area contributed by atoms with Crippen molar-refractivity contribution in [2.45, 2.75) is 38.1 Å². The monoisotopic (exact) mass is 505 g/mol. The van der Waals surface area contributed by atoms with E-state index in [0.717, 1.165) is 28.8 Å². The van der Waals surface area contributed by atoms with Crippen LogP contribution in [0.3, 0.4) is 0 Å². The van der Waals surface area contributed by atoms with Gasteiger partial charge in [-0.25, -0.2) is 12.7 Å². The van der Waals surface area contributed by atoms with Gasteiger partial charge in [0.2, 0.25) is 10.0 Å². The van der Waals surface area contributed by atoms with Crippen molar-refractivity contribution in [2.75, 3.05) is 33.9 Å². The largest absolute Gasteiger partial charge is 0.497 e. The molecule has 0 N–H and O–H groups in total. The summed E-state index contributed by atoms with van der Waals surface area (Å²) in [5, 5.41) is 0. The van der Waals surface area contributed by atoms with E-state index in [1.165, 1.54) is 39.9 Å². The summed E-state index contributed by atoms with van der Waals surface area (Å²) in [6.07, 6.45) is 1.69. The number of fused-ring (bicyclic) bond motifs is 1. The Morgan fingerprint density at radius 1 is 1.15 bits per heavy atom. The van der Waals surface area contributed by atoms with E-state index in [1.54, 1.807) is 14.2 Å². The van der Waals surface area contributed by atoms with Gasteiger partial charge in [0.25, 0.3) is 5.91 Å². The molecule has 1 aromatic heterocycles. The maximum atomic E-state index is 12.9. The molecule has 0 bridgehead atoms. The van der Waals surface area contributed by atoms with Gasteiger partial charge in [0.05, 0.1) is 28.8 Å². The van der Waals surface area contributed by atoms with E-state index < -0.39 is 15.9 Å². The van der Waals surface area contributed by atoms with Crippen molar-refractivity contribution in [1.29, 1.82) is 0 Å². The van der Waals surface area contributed by atoms with E-state index in [1.807, 2.05) is 36.6 Å². The number of hydrogen-bond donors (Lipinski definition) is 0. The molecule has 0 spiro atoms. The fraction of sp³-hybridized carbons (Fsp3) is 0.417. The highest BCUT2D eigenvalue weighted by atomic mass is 32.2. The highest BCUT2D eigenvalue weighted by Gasteiger charge is 2.20. The summed E-state index contributed by atoms with van der Waals surface area (Å²) in [6.45, 7) is 6.04. The molecule has 1 heterocycles. The minimum Gasteiger partial charge on any atom is -0.497 e. The van der Waals surface area contributed by atoms with E-state index in [4.69, 9.17) is 9.47 Å². The number of nitrogens with zero attached hydrogens (tertiary/aromatic N) is 3. The maximum Gasteiger partial charge on any atom is 0.279 e. The number of thiazole rings is 1. The van der Waals surface area contributed by atoms with Crippen molar-refractivity contribution >= 4 is 37.5 Å². The molecule has 8 nitrogen and oxygen atoms in total. The molecule has 0 saturated carbocycles. The second-order valence-electron chi connectivity index (χ2n) is 7.69. The summed E-state index contributed by atoms with van der Waals surface area (Å²) in [4.78, 5) is 18.0. The summed E-state index contributed by atoms with van der Waals surface area (Å²) in [5.41, 5.74) is 1.26. The predicted octanol–water partition coefficient (Wildman–Crippen LogP) is 3.91. The number of carbonyl (C=O) groups is 1. The number of sulfonamides is 1. The molecule has 1 amide bonds. The van der Waals surface area contributed by atoms with Gasteiger partial charge in [-0.15, -0.1) is 0 Å². The van der Waals surface area contributed by atoms with Crippen LogP contribution < -0.4 is 9.54 Å². The minimum absolute atomic E-state index is 0.156. The number of unbranched alkanes of at least 4 members (excludes halogenated alkanes) is 1. The molecule has 34 heavy (non-hydrogen) atoms. The number of ether oxygens (including phenoxy) is 2. The zero-order valence-corrected chi connectivity index (χ0v) is 21.6. The Morgan fingerprint density at radius 3 is 2.53 bits per heavy atom. The van der Waals surface area contributed by atoms with E-state index in [9.17, 15) is 13.2 Å². The third kappa shape index (κ3) is 5.93. The molecule has 0 atom stereocenters. The van der Waals surface area contributed by atoms with Crippen LogP contribution in [-0.4, -0.2) is 57.1 Å². The Bertz CT molecular complexity index is 1290. The van der Waals surface area contributed by atoms with Gasteiger partial charge in [0.1, 0.15) is 5.75 Å². The lowest BCUT2D eigenvalue weighted by atomic mass is 10.2. The molecule has 0 unspecified atom stereocenters. The topological polar surface area (TPSA) is 90.2 Å². The van der Waals surface area contributed by atoms with Crippen LogP contribution in [0.1, 0.15) is 37.0 Å². The lowest BCUT2D eigenvalue weighted by molar-refractivity contribution is 0.0996. The molecule has 3 rings (SSSR count). The molecule has 0 aliphatic carbocycles. The number of benzene rings is 2. The van der Waals surface area contributed by atoms with Crippen LogP contribution >= 0.6 is 11.3 Å². The Morgan fingerprint density at radius 2 is 1.88 bits per heavy atom. The number of methoxy groups -OCH3 is 1. The number of hydrogen-bond acceptors (Lipinski definition) is 6. The number of aromatic nitrogens is 1. The number of amides is 1. The van der Waals surface area contributed by atoms with Gasteiger partial charge in [0.15, 0.2) is 4.80 Å². The average Bonchev–Trinajstić information content (AvgIpc) is 3.18. The SMILES string of the molecule is CCCCN(C)S(=O)(=O)c1ccc(C(=O)N=c2sc3cc(OC)ccc3n2CCOCC)cc1. The Kier molecular flexibility index (Phi) is 9.01. The van der Waals surface area contributed by atoms with Crippen molar-refractivity contribution in [2.24, 2.45) is 4.99 Å². The van der Waals surface area contributed by atoms with E-state index in [0.29, 0.717) is 36.7 Å². The summed E-state index contributed by atoms with van der Waals surface area (Å²) >= 11 is 1.39. The predicted molar refractivity (Wildman–Crippen MR) is 134 cm³/mol. The Balaban J connectivity index is 1.92. The molecule has 184 valence electrons. The van der Waals surface area contributed by atoms with Gasteiger partial charge >= 0.3 is 0 Å². The smallest absolute Gasteiger partial charge is 0.279 e. The first-order valence-electron chi connectivity index (χ1n) is 11.2. The highest BCUT2D eigenvalue weighted by Crippen LogP contribution is 2.23. The Labute approximate surface area is 204 Å². The van der Waals surface area contributed by atoms with Crippen LogP contribution in [0.5, 0.6) is 5.75 Å². The molecule has 0 saturated heterocycles. The van der Waals surface area contributed by atoms with E-state index in [2.05, 4.69) is 4.99 Å². The molecule has 0 aliphatic heterocycles. The quantitative estimate of drug-likeness (QED) is 0.369. The van der Waals surface area contributed by atoms with Gasteiger partial charge in [-0.2, -0.15) is 4.99 Å². The molecule has 0 radical (unpaired) electrons. The molecular weight excluding hydrogens is 474 g/mol. The van der Waals surface area contributed by atoms with Crippen LogP contribution in [0, 0.1) is 0 Å². The maximum absolute atomic E-state index is 12.9. The molecular formula is C24H31N3O5S2. The van der Waals surface area contributed by atoms with Gasteiger partial charge in [-0.1, -0.05) is 24.7 Å². The van der Waals surface area contributed by atoms with Crippen molar-refractivity contribution < 1.29 is 22.7 Å². The Hall–Kier alpha value is -2.53. The molecule has 0 aliphatic rings. The lowest BCUT2D eigenvalue weighted by Gasteiger charge is -2.16. The highest BCUT2D eigenvalue weighted by molar-refractivity contribution is 7.89. The van der Waals surface area contributed by atoms with Crippen LogP contribution in [0.15, 0.2) is 52.4 Å². The lowest BCUT2D eigenvalue weighted by Crippen LogP contribution is -2.27. The fourth-order valence-corrected chi connectivity index (χ4v) is 5.68.